The van der Waals surface area contributed by atoms with Crippen molar-refractivity contribution in [2.24, 2.45) is 0 Å². The lowest BCUT2D eigenvalue weighted by Gasteiger charge is -2.06. The zero-order chi connectivity index (χ0) is 11.5. The lowest BCUT2D eigenvalue weighted by molar-refractivity contribution is 0.111. The fourth-order valence-corrected chi connectivity index (χ4v) is 1.71. The van der Waals surface area contributed by atoms with Crippen LogP contribution in [-0.2, 0) is 0 Å². The highest BCUT2D eigenvalue weighted by Gasteiger charge is 2.08. The van der Waals surface area contributed by atoms with Crippen molar-refractivity contribution in [2.45, 2.75) is 0 Å². The molecule has 0 amide bonds. The number of nitrogens with one attached hydrogen (secondary N) is 1. The molecular weight excluding hydrogens is 226 g/mol. The monoisotopic (exact) mass is 235 g/mol. The number of rotatable bonds is 3. The largest absolute Gasteiger partial charge is 0.496 e. The zero-order valence-electron chi connectivity index (χ0n) is 8.66. The summed E-state index contributed by atoms with van der Waals surface area (Å²) in [5.41, 5.74) is 2.26. The third kappa shape index (κ3) is 1.95. The number of ether oxygens (including phenoxy) is 1. The third-order valence-electron chi connectivity index (χ3n) is 2.30. The first-order valence-electron chi connectivity index (χ1n) is 4.72. The Morgan fingerprint density at radius 3 is 2.81 bits per heavy atom. The van der Waals surface area contributed by atoms with E-state index in [1.165, 1.54) is 0 Å². The highest BCUT2D eigenvalue weighted by Crippen LogP contribution is 2.32. The molecule has 0 bridgehead atoms. The molecule has 4 heteroatoms. The normalized spacial score (nSPS) is 10.1. The summed E-state index contributed by atoms with van der Waals surface area (Å²) in [6.45, 7) is 0. The predicted molar refractivity (Wildman–Crippen MR) is 63.2 cm³/mol. The van der Waals surface area contributed by atoms with Crippen LogP contribution >= 0.6 is 11.6 Å². The molecule has 0 aliphatic carbocycles. The number of aromatic nitrogens is 1. The van der Waals surface area contributed by atoms with Crippen LogP contribution < -0.4 is 4.74 Å². The Labute approximate surface area is 98.0 Å². The second-order valence-electron chi connectivity index (χ2n) is 3.31. The van der Waals surface area contributed by atoms with Crippen molar-refractivity contribution in [3.05, 3.63) is 41.2 Å². The van der Waals surface area contributed by atoms with E-state index >= 15 is 0 Å². The van der Waals surface area contributed by atoms with Gasteiger partial charge in [-0.15, -0.1) is 0 Å². The second kappa shape index (κ2) is 4.41. The number of benzene rings is 1. The van der Waals surface area contributed by atoms with Crippen LogP contribution in [0, 0.1) is 0 Å². The van der Waals surface area contributed by atoms with Gasteiger partial charge < -0.3 is 9.72 Å². The first-order valence-corrected chi connectivity index (χ1v) is 5.10. The molecule has 0 atom stereocenters. The smallest absolute Gasteiger partial charge is 0.166 e. The van der Waals surface area contributed by atoms with Crippen molar-refractivity contribution in [1.82, 2.24) is 4.98 Å². The van der Waals surface area contributed by atoms with Crippen LogP contribution in [0.25, 0.3) is 11.1 Å². The number of carbonyl (C=O) groups excluding carboxylic acids is 1. The second-order valence-corrected chi connectivity index (χ2v) is 3.74. The van der Waals surface area contributed by atoms with Crippen LogP contribution in [0.3, 0.4) is 0 Å². The van der Waals surface area contributed by atoms with Crippen LogP contribution in [-0.4, -0.2) is 18.4 Å². The highest BCUT2D eigenvalue weighted by atomic mass is 35.5. The van der Waals surface area contributed by atoms with E-state index in [1.807, 2.05) is 0 Å². The molecule has 0 saturated carbocycles. The van der Waals surface area contributed by atoms with Gasteiger partial charge in [-0.2, -0.15) is 0 Å². The molecule has 1 N–H and O–H groups in total. The fraction of sp³-hybridized carbons (Fsp3) is 0.0833. The summed E-state index contributed by atoms with van der Waals surface area (Å²) >= 11 is 5.93. The van der Waals surface area contributed by atoms with Crippen molar-refractivity contribution in [3.8, 4) is 16.9 Å². The molecule has 82 valence electrons. The molecule has 1 aromatic heterocycles. The van der Waals surface area contributed by atoms with Crippen molar-refractivity contribution in [1.29, 1.82) is 0 Å². The molecule has 0 aliphatic heterocycles. The van der Waals surface area contributed by atoms with Crippen LogP contribution in [0.15, 0.2) is 30.5 Å². The minimum atomic E-state index is 0.525. The van der Waals surface area contributed by atoms with Gasteiger partial charge in [0.05, 0.1) is 12.8 Å². The molecule has 16 heavy (non-hydrogen) atoms. The molecule has 2 aromatic rings. The van der Waals surface area contributed by atoms with Crippen LogP contribution in [0.1, 0.15) is 10.5 Å². The molecule has 0 radical (unpaired) electrons. The van der Waals surface area contributed by atoms with Gasteiger partial charge in [-0.05, 0) is 24.3 Å². The Hall–Kier alpha value is -1.74. The number of H-pyrrole nitrogens is 1. The number of halogens is 1. The first kappa shape index (κ1) is 10.8. The summed E-state index contributed by atoms with van der Waals surface area (Å²) in [6, 6.07) is 7.11. The Bertz CT molecular complexity index is 519. The van der Waals surface area contributed by atoms with Gasteiger partial charge >= 0.3 is 0 Å². The summed E-state index contributed by atoms with van der Waals surface area (Å²) in [4.78, 5) is 13.4. The average Bonchev–Trinajstić information content (AvgIpc) is 2.77. The number of hydrogen-bond donors (Lipinski definition) is 1. The van der Waals surface area contributed by atoms with Gasteiger partial charge in [0.1, 0.15) is 5.75 Å². The van der Waals surface area contributed by atoms with E-state index in [1.54, 1.807) is 37.6 Å². The minimum absolute atomic E-state index is 0.525. The van der Waals surface area contributed by atoms with Gasteiger partial charge in [0, 0.05) is 22.3 Å². The van der Waals surface area contributed by atoms with Gasteiger partial charge in [-0.25, -0.2) is 0 Å². The Kier molecular flexibility index (Phi) is 2.97. The quantitative estimate of drug-likeness (QED) is 0.831. The summed E-state index contributed by atoms with van der Waals surface area (Å²) in [5.74, 6) is 0.723. The molecule has 0 aliphatic rings. The number of aromatic amines is 1. The van der Waals surface area contributed by atoms with Crippen LogP contribution in [0.4, 0.5) is 0 Å². The Morgan fingerprint density at radius 1 is 1.38 bits per heavy atom. The van der Waals surface area contributed by atoms with Gasteiger partial charge in [0.2, 0.25) is 0 Å². The average molecular weight is 236 g/mol. The summed E-state index contributed by atoms with van der Waals surface area (Å²) in [5, 5.41) is 0.629. The summed E-state index contributed by atoms with van der Waals surface area (Å²) in [7, 11) is 1.60. The zero-order valence-corrected chi connectivity index (χ0v) is 9.41. The van der Waals surface area contributed by atoms with E-state index in [-0.39, 0.29) is 0 Å². The van der Waals surface area contributed by atoms with E-state index in [9.17, 15) is 4.79 Å². The molecule has 2 rings (SSSR count). The molecule has 3 nitrogen and oxygen atoms in total. The van der Waals surface area contributed by atoms with E-state index < -0.39 is 0 Å². The van der Waals surface area contributed by atoms with Crippen LogP contribution in [0.2, 0.25) is 5.02 Å². The Morgan fingerprint density at radius 2 is 2.19 bits per heavy atom. The van der Waals surface area contributed by atoms with Crippen molar-refractivity contribution in [3.63, 3.8) is 0 Å². The molecule has 0 saturated heterocycles. The number of methoxy groups -OCH3 is 1. The predicted octanol–water partition coefficient (Wildman–Crippen LogP) is 3.16. The summed E-state index contributed by atoms with van der Waals surface area (Å²) in [6.07, 6.45) is 2.51. The molecule has 0 unspecified atom stereocenters. The van der Waals surface area contributed by atoms with E-state index in [0.717, 1.165) is 23.2 Å². The van der Waals surface area contributed by atoms with E-state index in [2.05, 4.69) is 4.98 Å². The number of hydrogen-bond acceptors (Lipinski definition) is 2. The fourth-order valence-electron chi connectivity index (χ4n) is 1.54. The van der Waals surface area contributed by atoms with Crippen molar-refractivity contribution < 1.29 is 9.53 Å². The molecule has 0 fully saturated rings. The molecule has 1 heterocycles. The van der Waals surface area contributed by atoms with Gasteiger partial charge in [0.25, 0.3) is 0 Å². The van der Waals surface area contributed by atoms with Crippen molar-refractivity contribution >= 4 is 17.9 Å². The maximum Gasteiger partial charge on any atom is 0.166 e. The third-order valence-corrected chi connectivity index (χ3v) is 2.54. The summed E-state index contributed by atoms with van der Waals surface area (Å²) < 4.78 is 5.24. The topological polar surface area (TPSA) is 42.1 Å². The van der Waals surface area contributed by atoms with E-state index in [0.29, 0.717) is 10.7 Å². The maximum absolute atomic E-state index is 10.6. The number of aldehydes is 1. The van der Waals surface area contributed by atoms with Crippen LogP contribution in [0.5, 0.6) is 5.75 Å². The standard InChI is InChI=1S/C12H10ClNO2/c1-16-12-3-2-9(13)5-11(12)8-4-10(7-15)14-6-8/h2-7,14H,1H3. The highest BCUT2D eigenvalue weighted by molar-refractivity contribution is 6.31. The molecule has 0 spiro atoms. The SMILES string of the molecule is COc1ccc(Cl)cc1-c1c[nH]c(C=O)c1. The minimum Gasteiger partial charge on any atom is -0.496 e. The molecular formula is C12H10ClNO2. The van der Waals surface area contributed by atoms with Crippen molar-refractivity contribution in [2.75, 3.05) is 7.11 Å². The number of carbonyl (C=O) groups is 1. The first-order chi connectivity index (χ1) is 7.74. The Balaban J connectivity index is 2.53. The van der Waals surface area contributed by atoms with E-state index in [4.69, 9.17) is 16.3 Å². The van der Waals surface area contributed by atoms with Gasteiger partial charge in [0.15, 0.2) is 6.29 Å². The van der Waals surface area contributed by atoms with Gasteiger partial charge in [-0.3, -0.25) is 4.79 Å². The lowest BCUT2D eigenvalue weighted by Crippen LogP contribution is -1.86. The van der Waals surface area contributed by atoms with Gasteiger partial charge in [-0.1, -0.05) is 11.6 Å². The molecule has 1 aromatic carbocycles. The lowest BCUT2D eigenvalue weighted by atomic mass is 10.1. The maximum atomic E-state index is 10.6.